The molecular formula is C16H20Cl2N2. The third kappa shape index (κ3) is 3.57. The molecule has 0 bridgehead atoms. The van der Waals surface area contributed by atoms with Crippen LogP contribution in [0.15, 0.2) is 36.7 Å². The van der Waals surface area contributed by atoms with E-state index in [4.69, 9.17) is 23.2 Å². The zero-order valence-corrected chi connectivity index (χ0v) is 13.4. The van der Waals surface area contributed by atoms with Crippen LogP contribution in [0.1, 0.15) is 37.4 Å². The van der Waals surface area contributed by atoms with E-state index in [9.17, 15) is 0 Å². The average Bonchev–Trinajstić information content (AvgIpc) is 2.89. The van der Waals surface area contributed by atoms with E-state index in [1.807, 2.05) is 18.2 Å². The minimum absolute atomic E-state index is 0.413. The molecule has 1 atom stereocenters. The van der Waals surface area contributed by atoms with Crippen LogP contribution in [0, 0.1) is 0 Å². The molecule has 108 valence electrons. The van der Waals surface area contributed by atoms with Gasteiger partial charge < -0.3 is 9.88 Å². The van der Waals surface area contributed by atoms with Crippen molar-refractivity contribution in [2.75, 3.05) is 6.54 Å². The van der Waals surface area contributed by atoms with Gasteiger partial charge in [-0.3, -0.25) is 0 Å². The quantitative estimate of drug-likeness (QED) is 0.802. The minimum Gasteiger partial charge on any atom is -0.350 e. The lowest BCUT2D eigenvalue weighted by Gasteiger charge is -2.14. The number of nitrogens with one attached hydrogen (secondary N) is 1. The van der Waals surface area contributed by atoms with Gasteiger partial charge in [-0.15, -0.1) is 0 Å². The molecule has 0 aliphatic carbocycles. The third-order valence-corrected chi connectivity index (χ3v) is 4.28. The van der Waals surface area contributed by atoms with E-state index >= 15 is 0 Å². The van der Waals surface area contributed by atoms with E-state index < -0.39 is 0 Å². The highest BCUT2D eigenvalue weighted by atomic mass is 35.5. The van der Waals surface area contributed by atoms with Crippen LogP contribution in [0.2, 0.25) is 10.0 Å². The summed E-state index contributed by atoms with van der Waals surface area (Å²) in [5, 5.41) is 4.73. The first-order chi connectivity index (χ1) is 9.65. The maximum absolute atomic E-state index is 6.23. The van der Waals surface area contributed by atoms with Crippen LogP contribution in [-0.2, 0) is 6.54 Å². The highest BCUT2D eigenvalue weighted by molar-refractivity contribution is 6.42. The van der Waals surface area contributed by atoms with Gasteiger partial charge in [0, 0.05) is 25.0 Å². The number of aromatic nitrogens is 1. The number of hydrogen-bond acceptors (Lipinski definition) is 1. The summed E-state index contributed by atoms with van der Waals surface area (Å²) in [7, 11) is 0. The lowest BCUT2D eigenvalue weighted by molar-refractivity contribution is 0.536. The molecule has 2 aromatic rings. The van der Waals surface area contributed by atoms with Gasteiger partial charge in [-0.2, -0.15) is 0 Å². The van der Waals surface area contributed by atoms with E-state index in [0.717, 1.165) is 25.1 Å². The largest absolute Gasteiger partial charge is 0.350 e. The highest BCUT2D eigenvalue weighted by Gasteiger charge is 2.10. The first-order valence-corrected chi connectivity index (χ1v) is 7.73. The van der Waals surface area contributed by atoms with Crippen molar-refractivity contribution in [3.8, 4) is 0 Å². The maximum atomic E-state index is 6.23. The fourth-order valence-electron chi connectivity index (χ4n) is 2.38. The van der Waals surface area contributed by atoms with Gasteiger partial charge in [-0.1, -0.05) is 49.2 Å². The summed E-state index contributed by atoms with van der Waals surface area (Å²) in [5.41, 5.74) is 2.35. The van der Waals surface area contributed by atoms with Crippen molar-refractivity contribution in [2.45, 2.75) is 32.9 Å². The van der Waals surface area contributed by atoms with Crippen LogP contribution >= 0.6 is 23.2 Å². The zero-order valence-electron chi connectivity index (χ0n) is 11.9. The fourth-order valence-corrected chi connectivity index (χ4v) is 2.76. The Balaban J connectivity index is 2.15. The average molecular weight is 311 g/mol. The molecule has 1 N–H and O–H groups in total. The summed E-state index contributed by atoms with van der Waals surface area (Å²) < 4.78 is 2.15. The van der Waals surface area contributed by atoms with Gasteiger partial charge in [0.2, 0.25) is 0 Å². The Morgan fingerprint density at radius 2 is 2.00 bits per heavy atom. The van der Waals surface area contributed by atoms with E-state index in [1.165, 1.54) is 5.56 Å². The second kappa shape index (κ2) is 7.16. The minimum atomic E-state index is 0.413. The van der Waals surface area contributed by atoms with Crippen LogP contribution in [0.3, 0.4) is 0 Å². The predicted molar refractivity (Wildman–Crippen MR) is 86.7 cm³/mol. The summed E-state index contributed by atoms with van der Waals surface area (Å²) in [6, 6.07) is 8.33. The first kappa shape index (κ1) is 15.4. The number of rotatable bonds is 6. The summed E-state index contributed by atoms with van der Waals surface area (Å²) in [6.45, 7) is 6.04. The van der Waals surface area contributed by atoms with Crippen molar-refractivity contribution < 1.29 is 0 Å². The van der Waals surface area contributed by atoms with E-state index in [2.05, 4.69) is 42.2 Å². The molecule has 1 aromatic heterocycles. The van der Waals surface area contributed by atoms with E-state index in [1.54, 1.807) is 0 Å². The van der Waals surface area contributed by atoms with Crippen LogP contribution in [0.25, 0.3) is 0 Å². The number of nitrogens with zero attached hydrogens (tertiary/aromatic N) is 1. The zero-order chi connectivity index (χ0) is 14.5. The summed E-state index contributed by atoms with van der Waals surface area (Å²) in [4.78, 5) is 0. The highest BCUT2D eigenvalue weighted by Crippen LogP contribution is 2.26. The predicted octanol–water partition coefficient (Wildman–Crippen LogP) is 4.90. The Morgan fingerprint density at radius 3 is 2.70 bits per heavy atom. The van der Waals surface area contributed by atoms with Crippen molar-refractivity contribution in [1.82, 2.24) is 9.88 Å². The molecular weight excluding hydrogens is 291 g/mol. The van der Waals surface area contributed by atoms with Crippen molar-refractivity contribution in [1.29, 1.82) is 0 Å². The Morgan fingerprint density at radius 1 is 1.20 bits per heavy atom. The molecule has 20 heavy (non-hydrogen) atoms. The van der Waals surface area contributed by atoms with Crippen molar-refractivity contribution in [2.24, 2.45) is 0 Å². The molecule has 0 spiro atoms. The molecule has 1 aromatic carbocycles. The van der Waals surface area contributed by atoms with Gasteiger partial charge in [-0.25, -0.2) is 0 Å². The third-order valence-electron chi connectivity index (χ3n) is 3.42. The molecule has 1 heterocycles. The topological polar surface area (TPSA) is 17.0 Å². The molecule has 2 rings (SSSR count). The first-order valence-electron chi connectivity index (χ1n) is 6.97. The Bertz CT molecular complexity index is 563. The van der Waals surface area contributed by atoms with Crippen LogP contribution < -0.4 is 5.32 Å². The van der Waals surface area contributed by atoms with E-state index in [-0.39, 0.29) is 0 Å². The lowest BCUT2D eigenvalue weighted by Crippen LogP contribution is -2.19. The molecule has 0 aliphatic rings. The fraction of sp³-hybridized carbons (Fsp3) is 0.375. The van der Waals surface area contributed by atoms with Gasteiger partial charge in [0.05, 0.1) is 10.0 Å². The Kier molecular flexibility index (Phi) is 5.53. The number of hydrogen-bond donors (Lipinski definition) is 1. The van der Waals surface area contributed by atoms with Gasteiger partial charge in [-0.05, 0) is 36.2 Å². The number of benzene rings is 1. The van der Waals surface area contributed by atoms with Crippen molar-refractivity contribution in [3.63, 3.8) is 0 Å². The standard InChI is InChI=1S/C16H20Cl2N2/c1-3-15(19-4-2)12-8-9-20(10-12)11-13-6-5-7-14(17)16(13)18/h5-10,15,19H,3-4,11H2,1-2H3. The van der Waals surface area contributed by atoms with Gasteiger partial charge in [0.15, 0.2) is 0 Å². The number of halogens is 2. The van der Waals surface area contributed by atoms with Crippen molar-refractivity contribution in [3.05, 3.63) is 57.8 Å². The molecule has 0 radical (unpaired) electrons. The molecule has 0 aliphatic heterocycles. The molecule has 0 amide bonds. The molecule has 2 nitrogen and oxygen atoms in total. The van der Waals surface area contributed by atoms with Crippen LogP contribution in [0.5, 0.6) is 0 Å². The SMILES string of the molecule is CCNC(CC)c1ccn(Cc2cccc(Cl)c2Cl)c1. The van der Waals surface area contributed by atoms with Gasteiger partial charge in [0.25, 0.3) is 0 Å². The second-order valence-electron chi connectivity index (χ2n) is 4.85. The summed E-state index contributed by atoms with van der Waals surface area (Å²) in [6.07, 6.45) is 5.34. The molecule has 0 saturated carbocycles. The maximum Gasteiger partial charge on any atom is 0.0642 e. The Labute approximate surface area is 130 Å². The second-order valence-corrected chi connectivity index (χ2v) is 5.63. The van der Waals surface area contributed by atoms with Crippen molar-refractivity contribution >= 4 is 23.2 Å². The monoisotopic (exact) mass is 310 g/mol. The van der Waals surface area contributed by atoms with Crippen LogP contribution in [-0.4, -0.2) is 11.1 Å². The lowest BCUT2D eigenvalue weighted by atomic mass is 10.1. The smallest absolute Gasteiger partial charge is 0.0642 e. The normalized spacial score (nSPS) is 12.6. The molecule has 1 unspecified atom stereocenters. The van der Waals surface area contributed by atoms with Gasteiger partial charge in [0.1, 0.15) is 0 Å². The molecule has 0 saturated heterocycles. The molecule has 0 fully saturated rings. The van der Waals surface area contributed by atoms with E-state index in [0.29, 0.717) is 16.1 Å². The summed E-state index contributed by atoms with van der Waals surface area (Å²) in [5.74, 6) is 0. The van der Waals surface area contributed by atoms with Crippen LogP contribution in [0.4, 0.5) is 0 Å². The summed E-state index contributed by atoms with van der Waals surface area (Å²) >= 11 is 12.3. The van der Waals surface area contributed by atoms with Gasteiger partial charge >= 0.3 is 0 Å². The Hall–Kier alpha value is -0.960. The molecule has 4 heteroatoms.